The quantitative estimate of drug-likeness (QED) is 0.0311. The molecule has 1 heterocycles. The molecular formula is C54H86N2NiO2. The van der Waals surface area contributed by atoms with Crippen LogP contribution in [0.1, 0.15) is 231 Å². The van der Waals surface area contributed by atoms with Crippen LogP contribution in [0.4, 0.5) is 0 Å². The molecule has 0 amide bonds. The molecule has 2 aromatic rings. The van der Waals surface area contributed by atoms with Gasteiger partial charge >= 0.3 is 62.7 Å². The molecule has 0 fully saturated rings. The molecule has 334 valence electrons. The molecular weight excluding hydrogens is 767 g/mol. The van der Waals surface area contributed by atoms with Gasteiger partial charge in [-0.05, 0) is 67.5 Å². The average molecular weight is 854 g/mol. The third kappa shape index (κ3) is 22.8. The molecule has 1 aliphatic heterocycles. The van der Waals surface area contributed by atoms with Gasteiger partial charge in [0, 0.05) is 23.1 Å². The molecule has 0 atom stereocenters. The van der Waals surface area contributed by atoms with Crippen LogP contribution in [0.3, 0.4) is 0 Å². The Kier molecular flexibility index (Phi) is 32.3. The van der Waals surface area contributed by atoms with E-state index < -0.39 is 0 Å². The van der Waals surface area contributed by atoms with Gasteiger partial charge < -0.3 is 5.53 Å². The van der Waals surface area contributed by atoms with Gasteiger partial charge in [0.05, 0.1) is 0 Å². The van der Waals surface area contributed by atoms with Crippen molar-refractivity contribution in [2.24, 2.45) is 0 Å². The number of aryl methyl sites for hydroxylation is 2. The summed E-state index contributed by atoms with van der Waals surface area (Å²) < 4.78 is 11.5. The molecule has 0 aliphatic carbocycles. The van der Waals surface area contributed by atoms with Crippen LogP contribution in [0, 0.1) is 11.8 Å². The number of allylic oxidation sites excluding steroid dienone is 2. The van der Waals surface area contributed by atoms with Crippen LogP contribution in [0.25, 0.3) is 16.9 Å². The number of benzene rings is 2. The zero-order chi connectivity index (χ0) is 42.6. The fraction of sp³-hybridized carbons (Fsp3) is 0.667. The van der Waals surface area contributed by atoms with E-state index in [-0.39, 0.29) is 0 Å². The molecule has 0 bridgehead atoms. The van der Waals surface area contributed by atoms with Crippen LogP contribution in [0.15, 0.2) is 59.7 Å². The first-order chi connectivity index (χ1) is 29.1. The summed E-state index contributed by atoms with van der Waals surface area (Å²) in [6.45, 7) is 14.6. The molecule has 0 radical (unpaired) electrons. The number of nitrogens with zero attached hydrogens (tertiary/aromatic N) is 2. The molecule has 0 spiro atoms. The predicted octanol–water partition coefficient (Wildman–Crippen LogP) is 17.1. The summed E-state index contributed by atoms with van der Waals surface area (Å²) in [7, 11) is 0. The van der Waals surface area contributed by atoms with Crippen LogP contribution < -0.4 is 0 Å². The van der Waals surface area contributed by atoms with E-state index in [4.69, 9.17) is 7.76 Å². The van der Waals surface area contributed by atoms with Gasteiger partial charge in [-0.2, -0.15) is 0 Å². The third-order valence-electron chi connectivity index (χ3n) is 11.2. The van der Waals surface area contributed by atoms with Crippen molar-refractivity contribution >= 4 is 11.4 Å². The van der Waals surface area contributed by atoms with Gasteiger partial charge in [0.1, 0.15) is 5.57 Å². The monoisotopic (exact) mass is 853 g/mol. The molecule has 4 nitrogen and oxygen atoms in total. The summed E-state index contributed by atoms with van der Waals surface area (Å²) in [5, 5.41) is 0. The summed E-state index contributed by atoms with van der Waals surface area (Å²) >= 11 is 0.942. The van der Waals surface area contributed by atoms with Gasteiger partial charge in [0.2, 0.25) is 11.4 Å². The Hall–Kier alpha value is -2.51. The van der Waals surface area contributed by atoms with Gasteiger partial charge in [-0.25, -0.2) is 4.70 Å². The Balaban J connectivity index is 0.00000119. The molecule has 0 saturated heterocycles. The SMILES string of the molecule is CCCCCCCCCCCCCCCCCCCCCCC#CC1=C(c2cccc(CC)c2)[N+](=[N-])C(c2cccc(CC)c2)=C1CCCC.CCC[O][Ni][O]CCC. The molecule has 0 unspecified atom stereocenters. The standard InChI is InChI=1S/C48H72N2.2C3H7O.Ni/c1-5-9-11-12-13-14-15-16-17-18-19-20-21-22-23-24-25-26-27-28-29-30-38-46-45(37-10-6-2)47(43-35-31-33-41(7-3)39-43)50(49)48(46)44-36-32-34-42(8-4)40-44;2*1-2-3-4;/h31-36,39-40H,5-29,37H2,1-4H3;2*2-3H2,1H3;/q;2*-1;+2. The zero-order valence-corrected chi connectivity index (χ0v) is 39.8. The van der Waals surface area contributed by atoms with Crippen molar-refractivity contribution in [1.29, 1.82) is 0 Å². The summed E-state index contributed by atoms with van der Waals surface area (Å²) in [4.78, 5) is 0. The van der Waals surface area contributed by atoms with Gasteiger partial charge in [0.15, 0.2) is 0 Å². The normalized spacial score (nSPS) is 12.6. The summed E-state index contributed by atoms with van der Waals surface area (Å²) in [6, 6.07) is 17.3. The van der Waals surface area contributed by atoms with E-state index in [1.165, 1.54) is 143 Å². The first kappa shape index (κ1) is 52.6. The van der Waals surface area contributed by atoms with E-state index in [2.05, 4.69) is 102 Å². The topological polar surface area (TPSA) is 43.8 Å². The van der Waals surface area contributed by atoms with Gasteiger partial charge in [-0.15, -0.1) is 0 Å². The summed E-state index contributed by atoms with van der Waals surface area (Å²) in [5.41, 5.74) is 20.5. The molecule has 0 aromatic heterocycles. The number of hydrogen-bond acceptors (Lipinski definition) is 2. The van der Waals surface area contributed by atoms with Crippen molar-refractivity contribution in [2.75, 3.05) is 13.2 Å². The van der Waals surface area contributed by atoms with E-state index in [9.17, 15) is 5.53 Å². The van der Waals surface area contributed by atoms with Crippen molar-refractivity contribution < 1.29 is 27.5 Å². The maximum atomic E-state index is 11.9. The summed E-state index contributed by atoms with van der Waals surface area (Å²) in [5.74, 6) is 7.17. The van der Waals surface area contributed by atoms with Crippen molar-refractivity contribution in [2.45, 2.75) is 221 Å². The number of rotatable bonds is 33. The Bertz CT molecular complexity index is 1510. The van der Waals surface area contributed by atoms with Gasteiger partial charge in [-0.3, -0.25) is 0 Å². The Morgan fingerprint density at radius 1 is 0.508 bits per heavy atom. The van der Waals surface area contributed by atoms with E-state index in [1.807, 2.05) is 0 Å². The van der Waals surface area contributed by atoms with Crippen LogP contribution in [0.2, 0.25) is 0 Å². The Morgan fingerprint density at radius 3 is 1.36 bits per heavy atom. The Morgan fingerprint density at radius 2 is 0.932 bits per heavy atom. The van der Waals surface area contributed by atoms with Crippen molar-refractivity contribution in [3.05, 3.63) is 87.5 Å². The molecule has 0 N–H and O–H groups in total. The van der Waals surface area contributed by atoms with Crippen molar-refractivity contribution in [3.63, 3.8) is 0 Å². The minimum atomic E-state index is 0.781. The van der Waals surface area contributed by atoms with Gasteiger partial charge in [-0.1, -0.05) is 192 Å². The van der Waals surface area contributed by atoms with Crippen LogP contribution in [-0.4, -0.2) is 17.9 Å². The number of unbranched alkanes of at least 4 members (excludes halogenated alkanes) is 21. The minimum absolute atomic E-state index is 0.781. The second kappa shape index (κ2) is 36.2. The average Bonchev–Trinajstić information content (AvgIpc) is 3.54. The van der Waals surface area contributed by atoms with E-state index in [0.717, 1.165) is 114 Å². The fourth-order valence-electron chi connectivity index (χ4n) is 7.61. The second-order valence-electron chi connectivity index (χ2n) is 16.5. The molecule has 5 heteroatoms. The van der Waals surface area contributed by atoms with E-state index in [0.29, 0.717) is 0 Å². The molecule has 1 aliphatic rings. The fourth-order valence-corrected chi connectivity index (χ4v) is 8.26. The van der Waals surface area contributed by atoms with Gasteiger partial charge in [0.25, 0.3) is 0 Å². The van der Waals surface area contributed by atoms with E-state index in [1.54, 1.807) is 0 Å². The number of hydrogen-bond donors (Lipinski definition) is 0. The van der Waals surface area contributed by atoms with Crippen LogP contribution in [-0.2, 0) is 35.7 Å². The predicted molar refractivity (Wildman–Crippen MR) is 252 cm³/mol. The summed E-state index contributed by atoms with van der Waals surface area (Å²) in [6.07, 6.45) is 36.1. The van der Waals surface area contributed by atoms with Crippen LogP contribution >= 0.6 is 0 Å². The first-order valence-corrected chi connectivity index (χ1v) is 25.3. The third-order valence-corrected chi connectivity index (χ3v) is 11.9. The molecule has 59 heavy (non-hydrogen) atoms. The maximum absolute atomic E-state index is 11.9. The van der Waals surface area contributed by atoms with E-state index >= 15 is 0 Å². The Labute approximate surface area is 371 Å². The first-order valence-electron chi connectivity index (χ1n) is 24.5. The van der Waals surface area contributed by atoms with Crippen LogP contribution in [0.5, 0.6) is 0 Å². The molecule has 0 saturated carbocycles. The van der Waals surface area contributed by atoms with Crippen molar-refractivity contribution in [3.8, 4) is 11.8 Å². The second-order valence-corrected chi connectivity index (χ2v) is 17.2. The molecule has 3 rings (SSSR count). The van der Waals surface area contributed by atoms with Crippen molar-refractivity contribution in [1.82, 2.24) is 0 Å². The zero-order valence-electron chi connectivity index (χ0n) is 38.9. The molecule has 2 aromatic carbocycles.